The van der Waals surface area contributed by atoms with E-state index >= 15 is 0 Å². The van der Waals surface area contributed by atoms with E-state index in [0.717, 1.165) is 31.0 Å². The topological polar surface area (TPSA) is 102 Å². The van der Waals surface area contributed by atoms with Crippen LogP contribution in [-0.2, 0) is 13.1 Å². The summed E-state index contributed by atoms with van der Waals surface area (Å²) in [6.45, 7) is 6.43. The second-order valence-corrected chi connectivity index (χ2v) is 7.27. The molecule has 25 heavy (non-hydrogen) atoms. The summed E-state index contributed by atoms with van der Waals surface area (Å²) in [7, 11) is 0. The average molecular weight is 346 g/mol. The number of aromatic nitrogens is 4. The Labute approximate surface area is 147 Å². The maximum absolute atomic E-state index is 5.30. The first kappa shape index (κ1) is 16.7. The molecule has 2 saturated carbocycles. The van der Waals surface area contributed by atoms with Crippen LogP contribution in [0, 0.1) is 5.92 Å². The molecule has 3 atom stereocenters. The van der Waals surface area contributed by atoms with Gasteiger partial charge in [-0.3, -0.25) is 0 Å². The van der Waals surface area contributed by atoms with Gasteiger partial charge in [-0.15, -0.1) is 0 Å². The summed E-state index contributed by atoms with van der Waals surface area (Å²) in [5, 5.41) is 14.9. The van der Waals surface area contributed by atoms with Crippen molar-refractivity contribution < 1.29 is 9.05 Å². The van der Waals surface area contributed by atoms with Crippen LogP contribution in [0.15, 0.2) is 9.05 Å². The van der Waals surface area contributed by atoms with Gasteiger partial charge in [-0.05, 0) is 45.1 Å². The van der Waals surface area contributed by atoms with Crippen LogP contribution in [0.1, 0.15) is 74.8 Å². The minimum absolute atomic E-state index is 0.388. The van der Waals surface area contributed by atoms with Crippen molar-refractivity contribution in [2.24, 2.45) is 5.92 Å². The van der Waals surface area contributed by atoms with Gasteiger partial charge in [-0.1, -0.05) is 17.2 Å². The monoisotopic (exact) mass is 346 g/mol. The van der Waals surface area contributed by atoms with Crippen molar-refractivity contribution in [1.29, 1.82) is 0 Å². The molecule has 8 heteroatoms. The van der Waals surface area contributed by atoms with Crippen LogP contribution in [0.3, 0.4) is 0 Å². The van der Waals surface area contributed by atoms with Gasteiger partial charge in [-0.2, -0.15) is 9.97 Å². The van der Waals surface area contributed by atoms with E-state index in [4.69, 9.17) is 9.05 Å². The van der Waals surface area contributed by atoms with E-state index in [1.54, 1.807) is 0 Å². The molecule has 2 aromatic rings. The van der Waals surface area contributed by atoms with Crippen molar-refractivity contribution >= 4 is 0 Å². The summed E-state index contributed by atoms with van der Waals surface area (Å²) in [6.07, 6.45) is 4.61. The Kier molecular flexibility index (Phi) is 4.80. The van der Waals surface area contributed by atoms with Crippen molar-refractivity contribution in [2.45, 2.75) is 70.5 Å². The Balaban J connectivity index is 1.19. The van der Waals surface area contributed by atoms with Crippen LogP contribution in [0.4, 0.5) is 0 Å². The molecule has 0 amide bonds. The Morgan fingerprint density at radius 3 is 2.56 bits per heavy atom. The van der Waals surface area contributed by atoms with Gasteiger partial charge in [0.05, 0.1) is 13.1 Å². The fourth-order valence-electron chi connectivity index (χ4n) is 3.19. The number of nitrogens with zero attached hydrogens (tertiary/aromatic N) is 4. The first-order valence-corrected chi connectivity index (χ1v) is 9.32. The van der Waals surface area contributed by atoms with Gasteiger partial charge in [-0.25, -0.2) is 0 Å². The van der Waals surface area contributed by atoms with Crippen LogP contribution in [0.5, 0.6) is 0 Å². The molecule has 2 fully saturated rings. The largest absolute Gasteiger partial charge is 0.338 e. The van der Waals surface area contributed by atoms with Gasteiger partial charge < -0.3 is 19.7 Å². The van der Waals surface area contributed by atoms with E-state index in [1.807, 2.05) is 0 Å². The number of nitrogens with one attached hydrogen (secondary N) is 2. The zero-order valence-corrected chi connectivity index (χ0v) is 14.9. The lowest BCUT2D eigenvalue weighted by Gasteiger charge is -2.11. The van der Waals surface area contributed by atoms with E-state index in [0.29, 0.717) is 48.7 Å². The first-order chi connectivity index (χ1) is 12.2. The molecule has 2 heterocycles. The molecule has 2 aliphatic carbocycles. The highest BCUT2D eigenvalue weighted by Crippen LogP contribution is 2.48. The molecule has 0 aliphatic heterocycles. The molecule has 3 unspecified atom stereocenters. The SMILES string of the molecule is CCNCc1nc(C2CC2CC(C)NCc2nc(C3CC3)no2)no1. The standard InChI is InChI=1S/C17H26N6O2/c1-3-18-8-14-21-17(23-24-14)13-7-12(13)6-10(2)19-9-15-20-16(22-25-15)11-4-5-11/h10-13,18-19H,3-9H2,1-2H3. The molecule has 8 nitrogen and oxygen atoms in total. The zero-order chi connectivity index (χ0) is 17.2. The van der Waals surface area contributed by atoms with Crippen molar-refractivity contribution in [3.63, 3.8) is 0 Å². The quantitative estimate of drug-likeness (QED) is 0.674. The Bertz CT molecular complexity index is 695. The third-order valence-corrected chi connectivity index (χ3v) is 4.95. The van der Waals surface area contributed by atoms with Crippen molar-refractivity contribution in [3.8, 4) is 0 Å². The molecule has 0 bridgehead atoms. The summed E-state index contributed by atoms with van der Waals surface area (Å²) < 4.78 is 10.6. The van der Waals surface area contributed by atoms with Crippen LogP contribution in [-0.4, -0.2) is 32.9 Å². The minimum atomic E-state index is 0.388. The summed E-state index contributed by atoms with van der Waals surface area (Å²) in [6, 6.07) is 0.388. The molecule has 0 saturated heterocycles. The van der Waals surface area contributed by atoms with Gasteiger partial charge in [0.15, 0.2) is 11.6 Å². The van der Waals surface area contributed by atoms with E-state index in [1.165, 1.54) is 12.8 Å². The van der Waals surface area contributed by atoms with E-state index in [-0.39, 0.29) is 0 Å². The second-order valence-electron chi connectivity index (χ2n) is 7.27. The fourth-order valence-corrected chi connectivity index (χ4v) is 3.19. The zero-order valence-electron chi connectivity index (χ0n) is 14.9. The lowest BCUT2D eigenvalue weighted by Crippen LogP contribution is -2.26. The number of rotatable bonds is 10. The van der Waals surface area contributed by atoms with E-state index in [9.17, 15) is 0 Å². The first-order valence-electron chi connectivity index (χ1n) is 9.32. The summed E-state index contributed by atoms with van der Waals surface area (Å²) >= 11 is 0. The highest BCUT2D eigenvalue weighted by atomic mass is 16.5. The number of hydrogen-bond acceptors (Lipinski definition) is 8. The lowest BCUT2D eigenvalue weighted by atomic mass is 10.1. The molecule has 2 N–H and O–H groups in total. The van der Waals surface area contributed by atoms with Gasteiger partial charge in [0.2, 0.25) is 11.8 Å². The highest BCUT2D eigenvalue weighted by Gasteiger charge is 2.42. The van der Waals surface area contributed by atoms with Gasteiger partial charge >= 0.3 is 0 Å². The van der Waals surface area contributed by atoms with E-state index in [2.05, 4.69) is 44.8 Å². The van der Waals surface area contributed by atoms with Gasteiger partial charge in [0.1, 0.15) is 0 Å². The fraction of sp³-hybridized carbons (Fsp3) is 0.765. The smallest absolute Gasteiger partial charge is 0.240 e. The van der Waals surface area contributed by atoms with Crippen molar-refractivity contribution in [3.05, 3.63) is 23.4 Å². The molecule has 136 valence electrons. The van der Waals surface area contributed by atoms with Crippen LogP contribution >= 0.6 is 0 Å². The van der Waals surface area contributed by atoms with Crippen molar-refractivity contribution in [1.82, 2.24) is 30.9 Å². The van der Waals surface area contributed by atoms with Crippen LogP contribution in [0.25, 0.3) is 0 Å². The normalized spacial score (nSPS) is 23.8. The predicted octanol–water partition coefficient (Wildman–Crippen LogP) is 2.11. The predicted molar refractivity (Wildman–Crippen MR) is 89.7 cm³/mol. The van der Waals surface area contributed by atoms with Crippen molar-refractivity contribution in [2.75, 3.05) is 6.54 Å². The molecular formula is C17H26N6O2. The maximum atomic E-state index is 5.30. The number of hydrogen-bond donors (Lipinski definition) is 2. The molecule has 4 rings (SSSR count). The molecule has 0 aromatic carbocycles. The van der Waals surface area contributed by atoms with Gasteiger partial charge in [0.25, 0.3) is 0 Å². The molecule has 2 aromatic heterocycles. The highest BCUT2D eigenvalue weighted by molar-refractivity contribution is 5.09. The van der Waals surface area contributed by atoms with Crippen LogP contribution in [0.2, 0.25) is 0 Å². The Hall–Kier alpha value is -1.80. The Morgan fingerprint density at radius 1 is 1.08 bits per heavy atom. The third-order valence-electron chi connectivity index (χ3n) is 4.95. The summed E-state index contributed by atoms with van der Waals surface area (Å²) in [5.41, 5.74) is 0. The average Bonchev–Trinajstić information content (AvgIpc) is 3.50. The molecule has 0 spiro atoms. The molecule has 2 aliphatic rings. The van der Waals surface area contributed by atoms with Crippen LogP contribution < -0.4 is 10.6 Å². The summed E-state index contributed by atoms with van der Waals surface area (Å²) in [4.78, 5) is 8.94. The van der Waals surface area contributed by atoms with E-state index < -0.39 is 0 Å². The van der Waals surface area contributed by atoms with Gasteiger partial charge in [0, 0.05) is 17.9 Å². The lowest BCUT2D eigenvalue weighted by molar-refractivity contribution is 0.350. The minimum Gasteiger partial charge on any atom is -0.338 e. The maximum Gasteiger partial charge on any atom is 0.240 e. The molecular weight excluding hydrogens is 320 g/mol. The summed E-state index contributed by atoms with van der Waals surface area (Å²) in [5.74, 6) is 4.69. The Morgan fingerprint density at radius 2 is 1.80 bits per heavy atom. The third kappa shape index (κ3) is 4.24. The second kappa shape index (κ2) is 7.21. The molecule has 0 radical (unpaired) electrons.